The number of ketones is 1. The molecule has 0 atom stereocenters. The zero-order valence-corrected chi connectivity index (χ0v) is 6.80. The van der Waals surface area contributed by atoms with Gasteiger partial charge in [0.1, 0.15) is 0 Å². The first-order chi connectivity index (χ1) is 5.27. The van der Waals surface area contributed by atoms with Crippen LogP contribution in [0.5, 0.6) is 0 Å². The Balaban J connectivity index is 4.25. The van der Waals surface area contributed by atoms with E-state index in [9.17, 15) is 18.4 Å². The second-order valence-electron chi connectivity index (χ2n) is 3.19. The van der Waals surface area contributed by atoms with Gasteiger partial charge in [0.25, 0.3) is 0 Å². The highest BCUT2D eigenvalue weighted by Crippen LogP contribution is 2.28. The number of Topliss-reactive ketones (excluding diaryl/α,β-unsaturated/α-hetero) is 1. The first kappa shape index (κ1) is 11.0. The van der Waals surface area contributed by atoms with Gasteiger partial charge in [-0.05, 0) is 0 Å². The lowest BCUT2D eigenvalue weighted by atomic mass is 9.88. The third-order valence-electron chi connectivity index (χ3n) is 1.45. The van der Waals surface area contributed by atoms with Gasteiger partial charge in [-0.2, -0.15) is 0 Å². The molecule has 0 amide bonds. The summed E-state index contributed by atoms with van der Waals surface area (Å²) in [6.07, 6.45) is -3.33. The van der Waals surface area contributed by atoms with Gasteiger partial charge in [0.15, 0.2) is 0 Å². The van der Waals surface area contributed by atoms with Gasteiger partial charge in [-0.3, -0.25) is 4.79 Å². The molecule has 0 spiro atoms. The SMILES string of the molecule is CC(C)(CC(=O)C(=O)O)C(F)F. The lowest BCUT2D eigenvalue weighted by Gasteiger charge is -2.20. The largest absolute Gasteiger partial charge is 0.476 e. The summed E-state index contributed by atoms with van der Waals surface area (Å²) in [6.45, 7) is 2.30. The molecule has 0 bridgehead atoms. The number of halogens is 2. The molecule has 3 nitrogen and oxygen atoms in total. The van der Waals surface area contributed by atoms with Gasteiger partial charge in [0.05, 0.1) is 0 Å². The summed E-state index contributed by atoms with van der Waals surface area (Å²) >= 11 is 0. The van der Waals surface area contributed by atoms with Gasteiger partial charge in [-0.25, -0.2) is 13.6 Å². The van der Waals surface area contributed by atoms with E-state index in [1.165, 1.54) is 0 Å². The van der Waals surface area contributed by atoms with E-state index in [-0.39, 0.29) is 0 Å². The first-order valence-electron chi connectivity index (χ1n) is 3.31. The Bertz CT molecular complexity index is 199. The van der Waals surface area contributed by atoms with Gasteiger partial charge in [-0.15, -0.1) is 0 Å². The van der Waals surface area contributed by atoms with Crippen molar-refractivity contribution in [1.29, 1.82) is 0 Å². The van der Waals surface area contributed by atoms with Gasteiger partial charge >= 0.3 is 5.97 Å². The summed E-state index contributed by atoms with van der Waals surface area (Å²) in [6, 6.07) is 0. The second kappa shape index (κ2) is 3.60. The Morgan fingerprint density at radius 3 is 2.08 bits per heavy atom. The Hall–Kier alpha value is -1.00. The topological polar surface area (TPSA) is 54.4 Å². The summed E-state index contributed by atoms with van der Waals surface area (Å²) in [5.74, 6) is -2.84. The van der Waals surface area contributed by atoms with Crippen LogP contribution in [-0.4, -0.2) is 23.3 Å². The molecule has 0 aliphatic heterocycles. The van der Waals surface area contributed by atoms with Crippen molar-refractivity contribution in [3.05, 3.63) is 0 Å². The molecule has 5 heteroatoms. The summed E-state index contributed by atoms with van der Waals surface area (Å²) in [7, 11) is 0. The molecule has 0 aromatic rings. The van der Waals surface area contributed by atoms with Crippen molar-refractivity contribution in [3.8, 4) is 0 Å². The molecule has 1 N–H and O–H groups in total. The van der Waals surface area contributed by atoms with Crippen molar-refractivity contribution >= 4 is 11.8 Å². The lowest BCUT2D eigenvalue weighted by Crippen LogP contribution is -2.28. The zero-order chi connectivity index (χ0) is 9.94. The number of hydrogen-bond acceptors (Lipinski definition) is 2. The fourth-order valence-electron chi connectivity index (χ4n) is 0.567. The van der Waals surface area contributed by atoms with Crippen LogP contribution in [0.4, 0.5) is 8.78 Å². The Labute approximate surface area is 68.4 Å². The van der Waals surface area contributed by atoms with E-state index < -0.39 is 30.0 Å². The van der Waals surface area contributed by atoms with Gasteiger partial charge < -0.3 is 5.11 Å². The fraction of sp³-hybridized carbons (Fsp3) is 0.714. The van der Waals surface area contributed by atoms with E-state index in [1.54, 1.807) is 0 Å². The minimum Gasteiger partial charge on any atom is -0.476 e. The standard InChI is InChI=1S/C7H10F2O3/c1-7(2,6(8)9)3-4(10)5(11)12/h6H,3H2,1-2H3,(H,11,12). The number of alkyl halides is 2. The van der Waals surface area contributed by atoms with Gasteiger partial charge in [0, 0.05) is 11.8 Å². The average molecular weight is 180 g/mol. The first-order valence-corrected chi connectivity index (χ1v) is 3.31. The fourth-order valence-corrected chi connectivity index (χ4v) is 0.567. The molecule has 0 heterocycles. The van der Waals surface area contributed by atoms with Crippen molar-refractivity contribution in [1.82, 2.24) is 0 Å². The minimum absolute atomic E-state index is 0.639. The molecule has 0 saturated carbocycles. The van der Waals surface area contributed by atoms with Crippen LogP contribution in [0, 0.1) is 5.41 Å². The number of rotatable bonds is 4. The molecule has 12 heavy (non-hydrogen) atoms. The van der Waals surface area contributed by atoms with Gasteiger partial charge in [0.2, 0.25) is 12.2 Å². The maximum Gasteiger partial charge on any atom is 0.372 e. The molecule has 70 valence electrons. The predicted octanol–water partition coefficient (Wildman–Crippen LogP) is 1.32. The molecule has 0 fully saturated rings. The van der Waals surface area contributed by atoms with Crippen LogP contribution in [-0.2, 0) is 9.59 Å². The summed E-state index contributed by atoms with van der Waals surface area (Å²) in [4.78, 5) is 20.5. The Morgan fingerprint density at radius 2 is 1.83 bits per heavy atom. The van der Waals surface area contributed by atoms with Crippen molar-refractivity contribution in [3.63, 3.8) is 0 Å². The highest BCUT2D eigenvalue weighted by Gasteiger charge is 2.33. The summed E-state index contributed by atoms with van der Waals surface area (Å²) < 4.78 is 24.2. The minimum atomic E-state index is -2.69. The van der Waals surface area contributed by atoms with Crippen LogP contribution in [0.2, 0.25) is 0 Å². The second-order valence-corrected chi connectivity index (χ2v) is 3.19. The molecule has 0 aromatic heterocycles. The van der Waals surface area contributed by atoms with Crippen LogP contribution >= 0.6 is 0 Å². The molecule has 0 rings (SSSR count). The maximum absolute atomic E-state index is 12.1. The van der Waals surface area contributed by atoms with E-state index >= 15 is 0 Å². The van der Waals surface area contributed by atoms with E-state index in [2.05, 4.69) is 0 Å². The molecule has 0 unspecified atom stereocenters. The molecular formula is C7H10F2O3. The van der Waals surface area contributed by atoms with Crippen LogP contribution in [0.1, 0.15) is 20.3 Å². The van der Waals surface area contributed by atoms with Crippen LogP contribution < -0.4 is 0 Å². The van der Waals surface area contributed by atoms with Crippen LogP contribution in [0.25, 0.3) is 0 Å². The highest BCUT2D eigenvalue weighted by molar-refractivity contribution is 6.32. The predicted molar refractivity (Wildman–Crippen MR) is 37.0 cm³/mol. The van der Waals surface area contributed by atoms with Crippen molar-refractivity contribution < 1.29 is 23.5 Å². The van der Waals surface area contributed by atoms with Crippen molar-refractivity contribution in [2.24, 2.45) is 5.41 Å². The van der Waals surface area contributed by atoms with Crippen molar-refractivity contribution in [2.75, 3.05) is 0 Å². The number of carboxylic acid groups (broad SMARTS) is 1. The van der Waals surface area contributed by atoms with E-state index in [0.717, 1.165) is 13.8 Å². The Kier molecular flexibility index (Phi) is 3.30. The molecule has 0 aliphatic carbocycles. The molecule has 0 aromatic carbocycles. The number of carboxylic acids is 1. The normalized spacial score (nSPS) is 11.8. The van der Waals surface area contributed by atoms with Crippen molar-refractivity contribution in [2.45, 2.75) is 26.7 Å². The number of carbonyl (C=O) groups excluding carboxylic acids is 1. The van der Waals surface area contributed by atoms with E-state index in [4.69, 9.17) is 5.11 Å². The third kappa shape index (κ3) is 2.94. The van der Waals surface area contributed by atoms with Crippen LogP contribution in [0.15, 0.2) is 0 Å². The smallest absolute Gasteiger partial charge is 0.372 e. The molecule has 0 saturated heterocycles. The van der Waals surface area contributed by atoms with Gasteiger partial charge in [-0.1, -0.05) is 13.8 Å². The van der Waals surface area contributed by atoms with E-state index in [0.29, 0.717) is 0 Å². The number of aliphatic carboxylic acids is 1. The maximum atomic E-state index is 12.1. The number of carbonyl (C=O) groups is 2. The molecular weight excluding hydrogens is 170 g/mol. The van der Waals surface area contributed by atoms with E-state index in [1.807, 2.05) is 0 Å². The number of hydrogen-bond donors (Lipinski definition) is 1. The highest BCUT2D eigenvalue weighted by atomic mass is 19.3. The monoisotopic (exact) mass is 180 g/mol. The zero-order valence-electron chi connectivity index (χ0n) is 6.80. The molecule has 0 aliphatic rings. The lowest BCUT2D eigenvalue weighted by molar-refractivity contribution is -0.151. The third-order valence-corrected chi connectivity index (χ3v) is 1.45. The average Bonchev–Trinajstić information content (AvgIpc) is 1.85. The summed E-state index contributed by atoms with van der Waals surface area (Å²) in [5, 5.41) is 8.13. The molecule has 0 radical (unpaired) electrons. The van der Waals surface area contributed by atoms with Crippen LogP contribution in [0.3, 0.4) is 0 Å². The quantitative estimate of drug-likeness (QED) is 0.664. The summed E-state index contributed by atoms with van der Waals surface area (Å²) in [5.41, 5.74) is -1.56. The Morgan fingerprint density at radius 1 is 1.42 bits per heavy atom.